The third-order valence-electron chi connectivity index (χ3n) is 3.39. The Hall–Kier alpha value is -2.41. The standard InChI is InChI=1S/C16H20N3O4/c1-15(2,3)23-14(21)19(22)16(4)12(17-18(5)13(16)20)11-9-7-6-8-10-11/h6-7,9-10,22H,1-5H3. The molecule has 23 heavy (non-hydrogen) atoms. The van der Waals surface area contributed by atoms with Crippen LogP contribution in [0.15, 0.2) is 29.4 Å². The zero-order valence-electron chi connectivity index (χ0n) is 13.8. The third-order valence-corrected chi connectivity index (χ3v) is 3.39. The molecule has 1 N–H and O–H groups in total. The summed E-state index contributed by atoms with van der Waals surface area (Å²) in [6.45, 7) is 6.44. The average molecular weight is 318 g/mol. The second-order valence-corrected chi connectivity index (χ2v) is 6.43. The van der Waals surface area contributed by atoms with Gasteiger partial charge in [-0.3, -0.25) is 10.0 Å². The number of nitrogens with zero attached hydrogens (tertiary/aromatic N) is 3. The number of hydrazone groups is 1. The summed E-state index contributed by atoms with van der Waals surface area (Å²) in [5.74, 6) is -0.537. The highest BCUT2D eigenvalue weighted by molar-refractivity contribution is 6.23. The van der Waals surface area contributed by atoms with Gasteiger partial charge < -0.3 is 4.74 Å². The fraction of sp³-hybridized carbons (Fsp3) is 0.438. The van der Waals surface area contributed by atoms with Crippen molar-refractivity contribution in [2.24, 2.45) is 5.10 Å². The predicted octanol–water partition coefficient (Wildman–Crippen LogP) is 2.05. The maximum atomic E-state index is 12.5. The molecule has 7 nitrogen and oxygen atoms in total. The van der Waals surface area contributed by atoms with Gasteiger partial charge in [0.05, 0.1) is 0 Å². The van der Waals surface area contributed by atoms with Crippen LogP contribution in [0.4, 0.5) is 4.79 Å². The van der Waals surface area contributed by atoms with E-state index in [0.29, 0.717) is 10.6 Å². The lowest BCUT2D eigenvalue weighted by atomic mass is 9.90. The number of hydroxylamine groups is 2. The summed E-state index contributed by atoms with van der Waals surface area (Å²) < 4.78 is 5.15. The van der Waals surface area contributed by atoms with E-state index in [9.17, 15) is 14.8 Å². The Morgan fingerprint density at radius 1 is 1.48 bits per heavy atom. The van der Waals surface area contributed by atoms with Crippen molar-refractivity contribution in [3.05, 3.63) is 35.9 Å². The molecule has 0 bridgehead atoms. The number of benzene rings is 1. The molecule has 1 aromatic carbocycles. The van der Waals surface area contributed by atoms with Crippen molar-refractivity contribution in [2.45, 2.75) is 38.8 Å². The number of hydrogen-bond acceptors (Lipinski definition) is 5. The van der Waals surface area contributed by atoms with Crippen LogP contribution in [-0.2, 0) is 9.53 Å². The first-order valence-corrected chi connectivity index (χ1v) is 7.13. The van der Waals surface area contributed by atoms with Gasteiger partial charge in [0.1, 0.15) is 11.3 Å². The van der Waals surface area contributed by atoms with Crippen LogP contribution in [0.5, 0.6) is 0 Å². The minimum atomic E-state index is -1.67. The van der Waals surface area contributed by atoms with E-state index >= 15 is 0 Å². The van der Waals surface area contributed by atoms with Crippen LogP contribution in [0.3, 0.4) is 0 Å². The van der Waals surface area contributed by atoms with Crippen LogP contribution in [-0.4, -0.2) is 51.2 Å². The van der Waals surface area contributed by atoms with E-state index in [1.165, 1.54) is 14.0 Å². The predicted molar refractivity (Wildman–Crippen MR) is 82.8 cm³/mol. The fourth-order valence-corrected chi connectivity index (χ4v) is 2.27. The highest BCUT2D eigenvalue weighted by Crippen LogP contribution is 2.29. The van der Waals surface area contributed by atoms with E-state index in [0.717, 1.165) is 5.01 Å². The third kappa shape index (κ3) is 3.05. The molecule has 2 amide bonds. The molecule has 0 saturated heterocycles. The molecule has 1 unspecified atom stereocenters. The van der Waals surface area contributed by atoms with Crippen LogP contribution in [0.1, 0.15) is 33.3 Å². The second kappa shape index (κ2) is 5.66. The van der Waals surface area contributed by atoms with Crippen LogP contribution in [0.2, 0.25) is 0 Å². The van der Waals surface area contributed by atoms with Gasteiger partial charge in [-0.05, 0) is 39.8 Å². The molecule has 0 aromatic heterocycles. The zero-order chi connectivity index (χ0) is 17.4. The van der Waals surface area contributed by atoms with E-state index in [4.69, 9.17) is 4.74 Å². The number of rotatable bonds is 2. The average Bonchev–Trinajstić information content (AvgIpc) is 2.71. The molecule has 1 radical (unpaired) electrons. The molecule has 1 heterocycles. The summed E-state index contributed by atoms with van der Waals surface area (Å²) in [7, 11) is 1.46. The molecule has 123 valence electrons. The van der Waals surface area contributed by atoms with Crippen molar-refractivity contribution in [1.29, 1.82) is 0 Å². The normalized spacial score (nSPS) is 21.2. The highest BCUT2D eigenvalue weighted by atomic mass is 16.6. The molecule has 0 aliphatic carbocycles. The zero-order valence-corrected chi connectivity index (χ0v) is 13.8. The van der Waals surface area contributed by atoms with Crippen LogP contribution < -0.4 is 0 Å². The number of carbonyl (C=O) groups is 2. The number of amides is 2. The molecule has 0 fully saturated rings. The minimum absolute atomic E-state index is 0.246. The number of likely N-dealkylation sites (N-methyl/N-ethyl adjacent to an activating group) is 1. The van der Waals surface area contributed by atoms with Crippen LogP contribution >= 0.6 is 0 Å². The monoisotopic (exact) mass is 318 g/mol. The fourth-order valence-electron chi connectivity index (χ4n) is 2.27. The molecular weight excluding hydrogens is 298 g/mol. The Balaban J connectivity index is 2.42. The highest BCUT2D eigenvalue weighted by Gasteiger charge is 2.54. The summed E-state index contributed by atoms with van der Waals surface area (Å²) in [5, 5.41) is 15.9. The van der Waals surface area contributed by atoms with E-state index in [1.807, 2.05) is 0 Å². The second-order valence-electron chi connectivity index (χ2n) is 6.43. The lowest BCUT2D eigenvalue weighted by Gasteiger charge is -2.33. The Kier molecular flexibility index (Phi) is 4.17. The summed E-state index contributed by atoms with van der Waals surface area (Å²) >= 11 is 0. The largest absolute Gasteiger partial charge is 0.442 e. The molecule has 1 aliphatic rings. The van der Waals surface area contributed by atoms with Gasteiger partial charge in [-0.2, -0.15) is 10.2 Å². The van der Waals surface area contributed by atoms with Crippen molar-refractivity contribution in [2.75, 3.05) is 7.05 Å². The molecular formula is C16H20N3O4. The topological polar surface area (TPSA) is 82.4 Å². The number of hydrogen-bond donors (Lipinski definition) is 1. The van der Waals surface area contributed by atoms with E-state index in [1.54, 1.807) is 45.0 Å². The van der Waals surface area contributed by atoms with Gasteiger partial charge in [0.15, 0.2) is 5.54 Å². The molecule has 2 rings (SSSR count). The van der Waals surface area contributed by atoms with Crippen LogP contribution in [0.25, 0.3) is 0 Å². The van der Waals surface area contributed by atoms with Gasteiger partial charge in [-0.15, -0.1) is 0 Å². The van der Waals surface area contributed by atoms with E-state index in [2.05, 4.69) is 11.2 Å². The van der Waals surface area contributed by atoms with Gasteiger partial charge in [0.25, 0.3) is 5.91 Å². The first kappa shape index (κ1) is 17.0. The molecule has 0 spiro atoms. The van der Waals surface area contributed by atoms with Crippen molar-refractivity contribution in [3.63, 3.8) is 0 Å². The van der Waals surface area contributed by atoms with Crippen molar-refractivity contribution in [1.82, 2.24) is 10.1 Å². The molecule has 1 aromatic rings. The van der Waals surface area contributed by atoms with Gasteiger partial charge in [-0.1, -0.05) is 18.2 Å². The Bertz CT molecular complexity index is 651. The van der Waals surface area contributed by atoms with Gasteiger partial charge in [0.2, 0.25) is 0 Å². The summed E-state index contributed by atoms with van der Waals surface area (Å²) in [5.41, 5.74) is -1.66. The number of carbonyl (C=O) groups excluding carboxylic acids is 2. The smallest absolute Gasteiger partial charge is 0.435 e. The quantitative estimate of drug-likeness (QED) is 0.668. The van der Waals surface area contributed by atoms with Crippen molar-refractivity contribution in [3.8, 4) is 0 Å². The van der Waals surface area contributed by atoms with Gasteiger partial charge >= 0.3 is 6.09 Å². The van der Waals surface area contributed by atoms with E-state index < -0.39 is 23.1 Å². The molecule has 1 aliphatic heterocycles. The van der Waals surface area contributed by atoms with Crippen molar-refractivity contribution < 1.29 is 19.5 Å². The van der Waals surface area contributed by atoms with Crippen LogP contribution in [0, 0.1) is 6.07 Å². The summed E-state index contributed by atoms with van der Waals surface area (Å²) in [6, 6.07) is 9.67. The lowest BCUT2D eigenvalue weighted by Crippen LogP contribution is -2.59. The van der Waals surface area contributed by atoms with Crippen molar-refractivity contribution >= 4 is 17.7 Å². The maximum absolute atomic E-state index is 12.5. The first-order valence-electron chi connectivity index (χ1n) is 7.13. The first-order chi connectivity index (χ1) is 10.6. The summed E-state index contributed by atoms with van der Waals surface area (Å²) in [6.07, 6.45) is -1.02. The Morgan fingerprint density at radius 3 is 2.65 bits per heavy atom. The molecule has 1 atom stereocenters. The Morgan fingerprint density at radius 2 is 2.13 bits per heavy atom. The minimum Gasteiger partial charge on any atom is -0.442 e. The lowest BCUT2D eigenvalue weighted by molar-refractivity contribution is -0.161. The summed E-state index contributed by atoms with van der Waals surface area (Å²) in [4.78, 5) is 24.7. The molecule has 7 heteroatoms. The molecule has 0 saturated carbocycles. The van der Waals surface area contributed by atoms with Gasteiger partial charge in [-0.25, -0.2) is 9.80 Å². The number of ether oxygens (including phenoxy) is 1. The van der Waals surface area contributed by atoms with Gasteiger partial charge in [0, 0.05) is 12.6 Å². The van der Waals surface area contributed by atoms with E-state index in [-0.39, 0.29) is 5.71 Å². The Labute approximate surface area is 135 Å². The SMILES string of the molecule is CN1N=C(c2c[c]ccc2)C(C)(N(O)C(=O)OC(C)(C)C)C1=O. The maximum Gasteiger partial charge on any atom is 0.435 e.